The number of nitrogens with one attached hydrogen (secondary N) is 3. The Bertz CT molecular complexity index is 1030. The summed E-state index contributed by atoms with van der Waals surface area (Å²) in [5, 5.41) is 7.42. The van der Waals surface area contributed by atoms with Gasteiger partial charge in [0.05, 0.1) is 11.4 Å². The van der Waals surface area contributed by atoms with Crippen molar-refractivity contribution in [1.82, 2.24) is 5.48 Å². The van der Waals surface area contributed by atoms with E-state index in [1.165, 1.54) is 0 Å². The average Bonchev–Trinajstić information content (AvgIpc) is 3.24. The lowest BCUT2D eigenvalue weighted by Crippen LogP contribution is -2.51. The van der Waals surface area contributed by atoms with E-state index >= 15 is 0 Å². The molecule has 7 nitrogen and oxygen atoms in total. The first kappa shape index (κ1) is 17.2. The van der Waals surface area contributed by atoms with Gasteiger partial charge < -0.3 is 15.4 Å². The van der Waals surface area contributed by atoms with E-state index in [4.69, 9.17) is 26.2 Å². The Morgan fingerprint density at radius 2 is 1.96 bits per heavy atom. The van der Waals surface area contributed by atoms with E-state index in [2.05, 4.69) is 16.1 Å². The summed E-state index contributed by atoms with van der Waals surface area (Å²) in [5.41, 5.74) is 8.71. The lowest BCUT2D eigenvalue weighted by Gasteiger charge is -2.36. The summed E-state index contributed by atoms with van der Waals surface area (Å²) in [5.74, 6) is 0.529. The number of anilines is 3. The van der Waals surface area contributed by atoms with Crippen LogP contribution in [0.2, 0.25) is 5.02 Å². The summed E-state index contributed by atoms with van der Waals surface area (Å²) in [6.07, 6.45) is 1.81. The highest BCUT2D eigenvalue weighted by Crippen LogP contribution is 2.42. The number of rotatable bonds is 3. The SMILES string of the molecule is CC1=C2NOC(Nc3cc(C)c(Cl)c(C)c3)(N=C1)N2c1ccc2c(c1)NCO2. The average molecular weight is 398 g/mol. The van der Waals surface area contributed by atoms with Crippen molar-refractivity contribution in [3.05, 3.63) is 57.9 Å². The molecule has 3 aliphatic rings. The summed E-state index contributed by atoms with van der Waals surface area (Å²) < 4.78 is 5.54. The largest absolute Gasteiger partial charge is 0.471 e. The molecule has 0 saturated carbocycles. The summed E-state index contributed by atoms with van der Waals surface area (Å²) >= 11 is 6.33. The van der Waals surface area contributed by atoms with Gasteiger partial charge in [0.15, 0.2) is 6.73 Å². The molecule has 3 heterocycles. The third-order valence-corrected chi connectivity index (χ3v) is 5.67. The van der Waals surface area contributed by atoms with Gasteiger partial charge in [0, 0.05) is 22.5 Å². The van der Waals surface area contributed by atoms with Gasteiger partial charge in [0.2, 0.25) is 0 Å². The number of benzene rings is 2. The topological polar surface area (TPSA) is 70.2 Å². The van der Waals surface area contributed by atoms with E-state index in [-0.39, 0.29) is 0 Å². The van der Waals surface area contributed by atoms with E-state index < -0.39 is 5.97 Å². The molecule has 3 N–H and O–H groups in total. The number of hydrogen-bond acceptors (Lipinski definition) is 7. The Morgan fingerprint density at radius 1 is 1.18 bits per heavy atom. The van der Waals surface area contributed by atoms with Crippen LogP contribution < -0.4 is 25.8 Å². The Balaban J connectivity index is 1.58. The second-order valence-corrected chi connectivity index (χ2v) is 7.51. The summed E-state index contributed by atoms with van der Waals surface area (Å²) in [4.78, 5) is 12.7. The summed E-state index contributed by atoms with van der Waals surface area (Å²) in [6, 6.07) is 9.94. The van der Waals surface area contributed by atoms with E-state index in [0.717, 1.165) is 50.4 Å². The Hall–Kier alpha value is -2.90. The first-order chi connectivity index (χ1) is 13.5. The van der Waals surface area contributed by atoms with E-state index in [1.807, 2.05) is 62.2 Å². The van der Waals surface area contributed by atoms with Gasteiger partial charge in [0.25, 0.3) is 0 Å². The van der Waals surface area contributed by atoms with Crippen LogP contribution in [0.1, 0.15) is 18.1 Å². The van der Waals surface area contributed by atoms with Crippen LogP contribution in [-0.2, 0) is 4.84 Å². The molecule has 1 fully saturated rings. The standard InChI is InChI=1S/C20H20ClN5O2/c1-11-6-14(7-12(2)18(11)21)24-20-23-9-13(3)19(25-28-20)26(20)15-4-5-17-16(8-15)22-10-27-17/h4-9,22,24-25H,10H2,1-3H3. The zero-order chi connectivity index (χ0) is 19.5. The minimum absolute atomic E-state index is 0.472. The number of hydrogen-bond donors (Lipinski definition) is 3. The number of fused-ring (bicyclic) bond motifs is 3. The van der Waals surface area contributed by atoms with Crippen molar-refractivity contribution in [2.24, 2.45) is 4.99 Å². The third kappa shape index (κ3) is 2.51. The maximum Gasteiger partial charge on any atom is 0.351 e. The quantitative estimate of drug-likeness (QED) is 0.724. The van der Waals surface area contributed by atoms with Gasteiger partial charge in [-0.3, -0.25) is 4.90 Å². The Morgan fingerprint density at radius 3 is 2.75 bits per heavy atom. The molecule has 28 heavy (non-hydrogen) atoms. The van der Waals surface area contributed by atoms with Crippen molar-refractivity contribution in [1.29, 1.82) is 0 Å². The lowest BCUT2D eigenvalue weighted by atomic mass is 10.1. The highest BCUT2D eigenvalue weighted by atomic mass is 35.5. The lowest BCUT2D eigenvalue weighted by molar-refractivity contribution is -0.0214. The maximum atomic E-state index is 6.33. The fourth-order valence-electron chi connectivity index (χ4n) is 3.69. The Kier molecular flexibility index (Phi) is 3.72. The minimum Gasteiger partial charge on any atom is -0.471 e. The van der Waals surface area contributed by atoms with E-state index in [9.17, 15) is 0 Å². The fraction of sp³-hybridized carbons (Fsp3) is 0.250. The Labute approximate surface area is 167 Å². The van der Waals surface area contributed by atoms with Gasteiger partial charge in [-0.2, -0.15) is 0 Å². The predicted octanol–water partition coefficient (Wildman–Crippen LogP) is 4.10. The molecule has 0 amide bonds. The molecule has 8 heteroatoms. The number of aliphatic imine (C=N–C) groups is 1. The van der Waals surface area contributed by atoms with Crippen molar-refractivity contribution in [3.8, 4) is 5.75 Å². The summed E-state index contributed by atoms with van der Waals surface area (Å²) in [6.45, 7) is 6.42. The van der Waals surface area contributed by atoms with Gasteiger partial charge in [-0.25, -0.2) is 15.3 Å². The zero-order valence-corrected chi connectivity index (χ0v) is 16.5. The number of ether oxygens (including phenoxy) is 1. The van der Waals surface area contributed by atoms with Crippen LogP contribution in [0.4, 0.5) is 17.1 Å². The second kappa shape index (κ2) is 6.05. The molecule has 2 bridgehead atoms. The van der Waals surface area contributed by atoms with Crippen LogP contribution in [0, 0.1) is 13.8 Å². The summed E-state index contributed by atoms with van der Waals surface area (Å²) in [7, 11) is 0. The van der Waals surface area contributed by atoms with Gasteiger partial charge in [-0.1, -0.05) is 11.6 Å². The highest BCUT2D eigenvalue weighted by Gasteiger charge is 2.49. The van der Waals surface area contributed by atoms with Crippen LogP contribution in [0.25, 0.3) is 0 Å². The first-order valence-electron chi connectivity index (χ1n) is 9.03. The zero-order valence-electron chi connectivity index (χ0n) is 15.8. The molecule has 0 aromatic heterocycles. The number of nitrogens with zero attached hydrogens (tertiary/aromatic N) is 2. The molecule has 144 valence electrons. The van der Waals surface area contributed by atoms with Crippen LogP contribution >= 0.6 is 11.6 Å². The molecule has 0 spiro atoms. The molecule has 0 aliphatic carbocycles. The van der Waals surface area contributed by atoms with Gasteiger partial charge in [0.1, 0.15) is 11.6 Å². The molecule has 1 atom stereocenters. The van der Waals surface area contributed by atoms with Crippen molar-refractivity contribution in [3.63, 3.8) is 0 Å². The van der Waals surface area contributed by atoms with Gasteiger partial charge in [-0.15, -0.1) is 0 Å². The van der Waals surface area contributed by atoms with Crippen molar-refractivity contribution in [2.75, 3.05) is 22.3 Å². The van der Waals surface area contributed by atoms with Crippen molar-refractivity contribution < 1.29 is 9.57 Å². The molecule has 0 radical (unpaired) electrons. The van der Waals surface area contributed by atoms with E-state index in [1.54, 1.807) is 0 Å². The molecule has 1 saturated heterocycles. The molecule has 2 aromatic rings. The van der Waals surface area contributed by atoms with Crippen LogP contribution in [0.3, 0.4) is 0 Å². The normalized spacial score (nSPS) is 21.9. The smallest absolute Gasteiger partial charge is 0.351 e. The first-order valence-corrected chi connectivity index (χ1v) is 9.41. The monoisotopic (exact) mass is 397 g/mol. The van der Waals surface area contributed by atoms with Crippen LogP contribution in [0.15, 0.2) is 46.7 Å². The highest BCUT2D eigenvalue weighted by molar-refractivity contribution is 6.32. The van der Waals surface area contributed by atoms with Gasteiger partial charge >= 0.3 is 5.97 Å². The van der Waals surface area contributed by atoms with E-state index in [0.29, 0.717) is 6.73 Å². The molecule has 2 aromatic carbocycles. The molecular weight excluding hydrogens is 378 g/mol. The van der Waals surface area contributed by atoms with Gasteiger partial charge in [-0.05, 0) is 62.2 Å². The third-order valence-electron chi connectivity index (χ3n) is 5.08. The van der Waals surface area contributed by atoms with Crippen molar-refractivity contribution in [2.45, 2.75) is 26.7 Å². The second-order valence-electron chi connectivity index (χ2n) is 7.13. The fourth-order valence-corrected chi connectivity index (χ4v) is 3.79. The molecule has 5 rings (SSSR count). The molecule has 1 unspecified atom stereocenters. The number of halogens is 1. The predicted molar refractivity (Wildman–Crippen MR) is 111 cm³/mol. The molecule has 3 aliphatic heterocycles. The maximum absolute atomic E-state index is 6.33. The number of allylic oxidation sites excluding steroid dienone is 1. The molecular formula is C20H20ClN5O2. The van der Waals surface area contributed by atoms with Crippen molar-refractivity contribution >= 4 is 34.9 Å². The van der Waals surface area contributed by atoms with Crippen LogP contribution in [0.5, 0.6) is 5.75 Å². The minimum atomic E-state index is -1.14. The van der Waals surface area contributed by atoms with Crippen LogP contribution in [-0.4, -0.2) is 18.9 Å². The number of hydroxylamine groups is 1. The number of aryl methyl sites for hydroxylation is 2.